The van der Waals surface area contributed by atoms with Gasteiger partial charge >= 0.3 is 6.09 Å². The molecule has 0 saturated heterocycles. The van der Waals surface area contributed by atoms with E-state index in [1.54, 1.807) is 20.8 Å². The maximum absolute atomic E-state index is 12.7. The van der Waals surface area contributed by atoms with Crippen molar-refractivity contribution in [3.63, 3.8) is 0 Å². The van der Waals surface area contributed by atoms with Gasteiger partial charge in [-0.1, -0.05) is 51.1 Å². The van der Waals surface area contributed by atoms with E-state index < -0.39 is 38.1 Å². The van der Waals surface area contributed by atoms with Gasteiger partial charge in [-0.15, -0.1) is 0 Å². The highest BCUT2D eigenvalue weighted by molar-refractivity contribution is 6.74. The van der Waals surface area contributed by atoms with Crippen LogP contribution in [0.4, 0.5) is 4.79 Å². The van der Waals surface area contributed by atoms with Gasteiger partial charge < -0.3 is 19.6 Å². The number of hydrogen-bond donors (Lipinski definition) is 3. The summed E-state index contributed by atoms with van der Waals surface area (Å²) in [5.74, 6) is -0.701. The highest BCUT2D eigenvalue weighted by Crippen LogP contribution is 2.36. The molecule has 0 fully saturated rings. The number of carbonyl (C=O) groups excluding carboxylic acids is 2. The maximum atomic E-state index is 12.7. The molecular formula is C22H38N2O6Si. The van der Waals surface area contributed by atoms with E-state index in [4.69, 9.17) is 14.0 Å². The Bertz CT molecular complexity index is 713. The number of aliphatic hydroxyl groups excluding tert-OH is 1. The number of amides is 2. The lowest BCUT2D eigenvalue weighted by atomic mass is 10.1. The molecule has 0 spiro atoms. The van der Waals surface area contributed by atoms with Crippen molar-refractivity contribution in [2.45, 2.75) is 84.0 Å². The molecule has 2 unspecified atom stereocenters. The normalized spacial score (nSPS) is 14.5. The monoisotopic (exact) mass is 454 g/mol. The lowest BCUT2D eigenvalue weighted by Gasteiger charge is -2.37. The van der Waals surface area contributed by atoms with Gasteiger partial charge in [0.1, 0.15) is 17.7 Å². The number of alkyl carbamates (subject to hydrolysis) is 1. The molecule has 1 rings (SSSR count). The predicted octanol–water partition coefficient (Wildman–Crippen LogP) is 3.51. The molecule has 8 nitrogen and oxygen atoms in total. The molecule has 0 saturated carbocycles. The van der Waals surface area contributed by atoms with Gasteiger partial charge in [0.25, 0.3) is 5.91 Å². The quantitative estimate of drug-likeness (QED) is 0.389. The summed E-state index contributed by atoms with van der Waals surface area (Å²) in [6, 6.07) is 7.98. The molecule has 3 N–H and O–H groups in total. The average Bonchev–Trinajstić information content (AvgIpc) is 2.62. The van der Waals surface area contributed by atoms with Crippen LogP contribution in [-0.4, -0.2) is 49.8 Å². The van der Waals surface area contributed by atoms with Crippen molar-refractivity contribution in [3.05, 3.63) is 35.9 Å². The van der Waals surface area contributed by atoms with Crippen molar-refractivity contribution in [2.24, 2.45) is 0 Å². The molecule has 1 aromatic carbocycles. The Morgan fingerprint density at radius 2 is 1.65 bits per heavy atom. The third kappa shape index (κ3) is 9.81. The molecule has 0 radical (unpaired) electrons. The smallest absolute Gasteiger partial charge is 0.408 e. The SMILES string of the molecule is CC(C)(C)OC(=O)NC(C(=O)NOCc1ccccc1)C(O)CO[Si](C)(C)C(C)(C)C. The van der Waals surface area contributed by atoms with Crippen LogP contribution in [0, 0.1) is 0 Å². The number of hydrogen-bond acceptors (Lipinski definition) is 6. The molecule has 0 aliphatic heterocycles. The van der Waals surface area contributed by atoms with Crippen LogP contribution in [-0.2, 0) is 25.4 Å². The highest BCUT2D eigenvalue weighted by Gasteiger charge is 2.39. The average molecular weight is 455 g/mol. The summed E-state index contributed by atoms with van der Waals surface area (Å²) in [7, 11) is -2.16. The Labute approximate surface area is 186 Å². The van der Waals surface area contributed by atoms with Crippen molar-refractivity contribution in [3.8, 4) is 0 Å². The van der Waals surface area contributed by atoms with Crippen molar-refractivity contribution < 1.29 is 28.7 Å². The van der Waals surface area contributed by atoms with E-state index in [1.807, 2.05) is 43.4 Å². The summed E-state index contributed by atoms with van der Waals surface area (Å²) in [6.07, 6.45) is -2.11. The second-order valence-electron chi connectivity index (χ2n) is 10.0. The van der Waals surface area contributed by atoms with Gasteiger partial charge in [0.15, 0.2) is 8.32 Å². The van der Waals surface area contributed by atoms with E-state index in [0.29, 0.717) is 0 Å². The third-order valence-corrected chi connectivity index (χ3v) is 9.52. The first-order valence-corrected chi connectivity index (χ1v) is 13.3. The maximum Gasteiger partial charge on any atom is 0.408 e. The molecule has 9 heteroatoms. The van der Waals surface area contributed by atoms with E-state index in [9.17, 15) is 14.7 Å². The van der Waals surface area contributed by atoms with Gasteiger partial charge in [-0.05, 0) is 44.5 Å². The largest absolute Gasteiger partial charge is 0.444 e. The zero-order valence-corrected chi connectivity index (χ0v) is 20.9. The summed E-state index contributed by atoms with van der Waals surface area (Å²) in [6.45, 7) is 15.5. The number of benzene rings is 1. The van der Waals surface area contributed by atoms with Crippen molar-refractivity contribution in [1.29, 1.82) is 0 Å². The number of rotatable bonds is 9. The molecule has 2 atom stereocenters. The van der Waals surface area contributed by atoms with Gasteiger partial charge in [-0.25, -0.2) is 10.3 Å². The number of aliphatic hydroxyl groups is 1. The summed E-state index contributed by atoms with van der Waals surface area (Å²) < 4.78 is 11.2. The minimum atomic E-state index is -2.16. The Morgan fingerprint density at radius 1 is 1.06 bits per heavy atom. The molecule has 31 heavy (non-hydrogen) atoms. The Kier molecular flexibility index (Phi) is 9.68. The first-order chi connectivity index (χ1) is 14.1. The molecule has 1 aromatic rings. The molecule has 0 aliphatic carbocycles. The fourth-order valence-corrected chi connectivity index (χ4v) is 3.23. The Balaban J connectivity index is 2.81. The van der Waals surface area contributed by atoms with Crippen LogP contribution >= 0.6 is 0 Å². The van der Waals surface area contributed by atoms with Crippen molar-refractivity contribution in [1.82, 2.24) is 10.8 Å². The Morgan fingerprint density at radius 3 is 2.16 bits per heavy atom. The topological polar surface area (TPSA) is 106 Å². The minimum Gasteiger partial charge on any atom is -0.444 e. The molecule has 0 bridgehead atoms. The number of carbonyl (C=O) groups is 2. The lowest BCUT2D eigenvalue weighted by Crippen LogP contribution is -2.56. The van der Waals surface area contributed by atoms with Crippen molar-refractivity contribution >= 4 is 20.3 Å². The first kappa shape index (κ1) is 27.1. The van der Waals surface area contributed by atoms with Crippen LogP contribution in [0.5, 0.6) is 0 Å². The summed E-state index contributed by atoms with van der Waals surface area (Å²) >= 11 is 0. The zero-order valence-electron chi connectivity index (χ0n) is 19.9. The van der Waals surface area contributed by atoms with Gasteiger partial charge in [0.2, 0.25) is 0 Å². The zero-order chi connectivity index (χ0) is 23.9. The first-order valence-electron chi connectivity index (χ1n) is 10.4. The summed E-state index contributed by atoms with van der Waals surface area (Å²) in [5.41, 5.74) is 2.40. The fourth-order valence-electron chi connectivity index (χ4n) is 2.21. The Hall–Kier alpha value is -1.94. The van der Waals surface area contributed by atoms with Gasteiger partial charge in [-0.2, -0.15) is 0 Å². The second kappa shape index (κ2) is 11.1. The van der Waals surface area contributed by atoms with Gasteiger partial charge in [0.05, 0.1) is 13.2 Å². The third-order valence-electron chi connectivity index (χ3n) is 5.02. The van der Waals surface area contributed by atoms with Crippen molar-refractivity contribution in [2.75, 3.05) is 6.61 Å². The fraction of sp³-hybridized carbons (Fsp3) is 0.636. The minimum absolute atomic E-state index is 0.0676. The summed E-state index contributed by atoms with van der Waals surface area (Å²) in [5, 5.41) is 13.0. The number of ether oxygens (including phenoxy) is 1. The van der Waals surface area contributed by atoms with E-state index in [-0.39, 0.29) is 18.3 Å². The van der Waals surface area contributed by atoms with E-state index >= 15 is 0 Å². The molecular weight excluding hydrogens is 416 g/mol. The molecule has 0 aromatic heterocycles. The van der Waals surface area contributed by atoms with Crippen LogP contribution in [0.2, 0.25) is 18.1 Å². The van der Waals surface area contributed by atoms with Gasteiger partial charge in [-0.3, -0.25) is 9.63 Å². The standard InChI is InChI=1S/C22H38N2O6Si/c1-21(2,3)30-20(27)23-18(17(25)15-29-31(7,8)22(4,5)6)19(26)24-28-14-16-12-10-9-11-13-16/h9-13,17-18,25H,14-15H2,1-8H3,(H,23,27)(H,24,26). The number of hydroxylamine groups is 1. The van der Waals surface area contributed by atoms with Crippen LogP contribution in [0.3, 0.4) is 0 Å². The molecule has 176 valence electrons. The van der Waals surface area contributed by atoms with Crippen LogP contribution in [0.25, 0.3) is 0 Å². The molecule has 2 amide bonds. The van der Waals surface area contributed by atoms with E-state index in [0.717, 1.165) is 5.56 Å². The lowest BCUT2D eigenvalue weighted by molar-refractivity contribution is -0.140. The molecule has 0 aliphatic rings. The van der Waals surface area contributed by atoms with Crippen LogP contribution in [0.1, 0.15) is 47.1 Å². The summed E-state index contributed by atoms with van der Waals surface area (Å²) in [4.78, 5) is 30.2. The predicted molar refractivity (Wildman–Crippen MR) is 122 cm³/mol. The van der Waals surface area contributed by atoms with Gasteiger partial charge in [0, 0.05) is 0 Å². The molecule has 0 heterocycles. The number of nitrogens with one attached hydrogen (secondary N) is 2. The van der Waals surface area contributed by atoms with Crippen LogP contribution < -0.4 is 10.8 Å². The van der Waals surface area contributed by atoms with Crippen LogP contribution in [0.15, 0.2) is 30.3 Å². The highest BCUT2D eigenvalue weighted by atomic mass is 28.4. The second-order valence-corrected chi connectivity index (χ2v) is 14.8. The van der Waals surface area contributed by atoms with E-state index in [1.165, 1.54) is 0 Å². The van der Waals surface area contributed by atoms with E-state index in [2.05, 4.69) is 31.6 Å².